The van der Waals surface area contributed by atoms with E-state index in [0.29, 0.717) is 16.9 Å². The minimum Gasteiger partial charge on any atom is -0.511 e. The van der Waals surface area contributed by atoms with Gasteiger partial charge in [-0.3, -0.25) is 4.98 Å². The van der Waals surface area contributed by atoms with Gasteiger partial charge in [0.05, 0.1) is 0 Å². The largest absolute Gasteiger partial charge is 0.511 e. The number of benzene rings is 2. The van der Waals surface area contributed by atoms with Gasteiger partial charge in [0, 0.05) is 23.7 Å². The summed E-state index contributed by atoms with van der Waals surface area (Å²) in [6.45, 7) is 11.7. The van der Waals surface area contributed by atoms with E-state index in [2.05, 4.69) is 4.98 Å². The first kappa shape index (κ1) is 30.7. The predicted molar refractivity (Wildman–Crippen MR) is 160 cm³/mol. The summed E-state index contributed by atoms with van der Waals surface area (Å²) in [6, 6.07) is 16.4. The molecule has 0 saturated heterocycles. The van der Waals surface area contributed by atoms with Crippen molar-refractivity contribution < 1.29 is 27.2 Å². The van der Waals surface area contributed by atoms with Crippen LogP contribution in [0.15, 0.2) is 87.4 Å². The first-order valence-corrected chi connectivity index (χ1v) is 15.8. The standard InChI is InChI=1S/C32H37NO6S2/c1-21(2)32(15-14-23-11-8-7-9-12-23)19-26(34)29(30(35)38-32)40-28-17-22(3)27(18-25(28)31(4,5)6)39-41(36,37)24-13-10-16-33-20-24/h7-13,16-18,20-21,34H,14-15,19H2,1-6H3. The van der Waals surface area contributed by atoms with E-state index in [1.807, 2.05) is 65.0 Å². The van der Waals surface area contributed by atoms with Crippen LogP contribution in [0.3, 0.4) is 0 Å². The molecule has 1 aliphatic heterocycles. The lowest BCUT2D eigenvalue weighted by Gasteiger charge is -2.40. The molecular formula is C32H37NO6S2. The molecule has 0 saturated carbocycles. The van der Waals surface area contributed by atoms with Gasteiger partial charge in [-0.15, -0.1) is 0 Å². The Morgan fingerprint density at radius 1 is 1.12 bits per heavy atom. The topological polar surface area (TPSA) is 103 Å². The third-order valence-corrected chi connectivity index (χ3v) is 9.74. The second kappa shape index (κ2) is 11.9. The number of carbonyl (C=O) groups excluding carboxylic acids is 1. The number of aryl methyl sites for hydroxylation is 2. The highest BCUT2D eigenvalue weighted by molar-refractivity contribution is 8.04. The van der Waals surface area contributed by atoms with Crippen LogP contribution >= 0.6 is 11.8 Å². The van der Waals surface area contributed by atoms with Crippen molar-refractivity contribution in [2.45, 2.75) is 81.6 Å². The van der Waals surface area contributed by atoms with Gasteiger partial charge in [0.15, 0.2) is 0 Å². The Bertz CT molecular complexity index is 1540. The van der Waals surface area contributed by atoms with E-state index in [1.165, 1.54) is 24.5 Å². The van der Waals surface area contributed by atoms with E-state index in [1.54, 1.807) is 19.1 Å². The van der Waals surface area contributed by atoms with Crippen LogP contribution in [0.2, 0.25) is 0 Å². The van der Waals surface area contributed by atoms with Crippen molar-refractivity contribution in [2.24, 2.45) is 5.92 Å². The highest BCUT2D eigenvalue weighted by atomic mass is 32.2. The van der Waals surface area contributed by atoms with E-state index in [4.69, 9.17) is 8.92 Å². The molecule has 2 aromatic carbocycles. The third-order valence-electron chi connectivity index (χ3n) is 7.36. The number of aliphatic hydroxyl groups excluding tert-OH is 1. The molecule has 41 heavy (non-hydrogen) atoms. The number of aliphatic hydroxyl groups is 1. The maximum Gasteiger partial charge on any atom is 0.349 e. The van der Waals surface area contributed by atoms with Crippen molar-refractivity contribution in [3.8, 4) is 5.75 Å². The van der Waals surface area contributed by atoms with Crippen LogP contribution in [0.1, 0.15) is 64.2 Å². The molecule has 1 aromatic heterocycles. The Morgan fingerprint density at radius 3 is 2.41 bits per heavy atom. The quantitative estimate of drug-likeness (QED) is 0.203. The summed E-state index contributed by atoms with van der Waals surface area (Å²) in [5, 5.41) is 11.2. The highest BCUT2D eigenvalue weighted by Gasteiger charge is 2.44. The van der Waals surface area contributed by atoms with Gasteiger partial charge >= 0.3 is 16.1 Å². The Hall–Kier alpha value is -3.30. The maximum atomic E-state index is 13.4. The van der Waals surface area contributed by atoms with Crippen LogP contribution in [0, 0.1) is 12.8 Å². The number of nitrogens with zero attached hydrogens (tertiary/aromatic N) is 1. The van der Waals surface area contributed by atoms with Crippen LogP contribution in [0.4, 0.5) is 0 Å². The fourth-order valence-corrected chi connectivity index (χ4v) is 6.99. The van der Waals surface area contributed by atoms with E-state index in [0.717, 1.165) is 29.3 Å². The molecule has 2 heterocycles. The Balaban J connectivity index is 1.65. The molecule has 0 radical (unpaired) electrons. The van der Waals surface area contributed by atoms with Gasteiger partial charge in [-0.2, -0.15) is 8.42 Å². The predicted octanol–water partition coefficient (Wildman–Crippen LogP) is 7.29. The van der Waals surface area contributed by atoms with E-state index < -0.39 is 27.1 Å². The molecule has 1 atom stereocenters. The zero-order chi connectivity index (χ0) is 30.0. The molecule has 0 amide bonds. The molecule has 7 nitrogen and oxygen atoms in total. The van der Waals surface area contributed by atoms with Crippen molar-refractivity contribution in [1.29, 1.82) is 0 Å². The van der Waals surface area contributed by atoms with E-state index >= 15 is 0 Å². The monoisotopic (exact) mass is 595 g/mol. The van der Waals surface area contributed by atoms with Crippen LogP contribution in [-0.2, 0) is 31.5 Å². The number of thioether (sulfide) groups is 1. The smallest absolute Gasteiger partial charge is 0.349 e. The summed E-state index contributed by atoms with van der Waals surface area (Å²) in [6.07, 6.45) is 4.26. The summed E-state index contributed by atoms with van der Waals surface area (Å²) in [4.78, 5) is 18.1. The molecule has 0 aliphatic carbocycles. The minimum atomic E-state index is -4.10. The van der Waals surface area contributed by atoms with Gasteiger partial charge in [-0.05, 0) is 72.1 Å². The number of carbonyl (C=O) groups is 1. The first-order valence-electron chi connectivity index (χ1n) is 13.6. The SMILES string of the molecule is Cc1cc(SC2=C(O)CC(CCc3ccccc3)(C(C)C)OC2=O)c(C(C)(C)C)cc1OS(=O)(=O)c1cccnc1. The van der Waals surface area contributed by atoms with Crippen molar-refractivity contribution in [3.63, 3.8) is 0 Å². The zero-order valence-corrected chi connectivity index (χ0v) is 25.9. The van der Waals surface area contributed by atoms with Gasteiger partial charge in [-0.1, -0.05) is 76.7 Å². The molecular weight excluding hydrogens is 558 g/mol. The fraction of sp³-hybridized carbons (Fsp3) is 0.375. The molecule has 1 N–H and O–H groups in total. The van der Waals surface area contributed by atoms with Crippen LogP contribution < -0.4 is 4.18 Å². The summed E-state index contributed by atoms with van der Waals surface area (Å²) in [7, 11) is -4.10. The number of hydrogen-bond acceptors (Lipinski definition) is 8. The number of aromatic nitrogens is 1. The molecule has 3 aromatic rings. The van der Waals surface area contributed by atoms with Crippen LogP contribution in [-0.4, -0.2) is 30.1 Å². The molecule has 4 rings (SSSR count). The second-order valence-corrected chi connectivity index (χ2v) is 14.3. The van der Waals surface area contributed by atoms with Gasteiger partial charge in [0.1, 0.15) is 26.9 Å². The van der Waals surface area contributed by atoms with Crippen molar-refractivity contribution in [2.75, 3.05) is 0 Å². The summed E-state index contributed by atoms with van der Waals surface area (Å²) in [5.74, 6) is -0.371. The number of rotatable bonds is 9. The van der Waals surface area contributed by atoms with Crippen molar-refractivity contribution in [1.82, 2.24) is 4.98 Å². The normalized spacial score (nSPS) is 18.0. The van der Waals surface area contributed by atoms with Crippen molar-refractivity contribution >= 4 is 27.8 Å². The average molecular weight is 596 g/mol. The lowest BCUT2D eigenvalue weighted by molar-refractivity contribution is -0.164. The number of ether oxygens (including phenoxy) is 1. The zero-order valence-electron chi connectivity index (χ0n) is 24.3. The molecule has 218 valence electrons. The number of hydrogen-bond donors (Lipinski definition) is 1. The second-order valence-electron chi connectivity index (χ2n) is 11.7. The van der Waals surface area contributed by atoms with E-state index in [9.17, 15) is 18.3 Å². The molecule has 0 bridgehead atoms. The first-order chi connectivity index (χ1) is 19.2. The summed E-state index contributed by atoms with van der Waals surface area (Å²) < 4.78 is 37.4. The number of cyclic esters (lactones) is 1. The molecule has 9 heteroatoms. The fourth-order valence-electron chi connectivity index (χ4n) is 4.79. The third kappa shape index (κ3) is 6.96. The average Bonchev–Trinajstić information content (AvgIpc) is 2.91. The van der Waals surface area contributed by atoms with Gasteiger partial charge in [0.2, 0.25) is 0 Å². The van der Waals surface area contributed by atoms with Crippen LogP contribution in [0.5, 0.6) is 5.75 Å². The van der Waals surface area contributed by atoms with Gasteiger partial charge in [-0.25, -0.2) is 4.79 Å². The van der Waals surface area contributed by atoms with E-state index in [-0.39, 0.29) is 33.6 Å². The highest BCUT2D eigenvalue weighted by Crippen LogP contribution is 2.46. The lowest BCUT2D eigenvalue weighted by atomic mass is 9.80. The molecule has 0 spiro atoms. The molecule has 0 fully saturated rings. The minimum absolute atomic E-state index is 0.00464. The molecule has 1 aliphatic rings. The summed E-state index contributed by atoms with van der Waals surface area (Å²) >= 11 is 1.14. The van der Waals surface area contributed by atoms with Crippen molar-refractivity contribution in [3.05, 3.63) is 94.3 Å². The van der Waals surface area contributed by atoms with Gasteiger partial charge in [0.25, 0.3) is 0 Å². The Kier molecular flexibility index (Phi) is 8.90. The maximum absolute atomic E-state index is 13.4. The molecule has 1 unspecified atom stereocenters. The Morgan fingerprint density at radius 2 is 1.83 bits per heavy atom. The number of esters is 1. The number of pyridine rings is 1. The van der Waals surface area contributed by atoms with Crippen LogP contribution in [0.25, 0.3) is 0 Å². The van der Waals surface area contributed by atoms with Gasteiger partial charge < -0.3 is 14.0 Å². The Labute approximate surface area is 247 Å². The lowest BCUT2D eigenvalue weighted by Crippen LogP contribution is -2.44. The summed E-state index contributed by atoms with van der Waals surface area (Å²) in [5.41, 5.74) is 1.23.